The second kappa shape index (κ2) is 7.02. The van der Waals surface area contributed by atoms with Crippen LogP contribution in [0.1, 0.15) is 38.3 Å². The Morgan fingerprint density at radius 3 is 2.65 bits per heavy atom. The number of pyridine rings is 1. The fourth-order valence-electron chi connectivity index (χ4n) is 1.58. The third-order valence-corrected chi connectivity index (χ3v) is 4.20. The number of hydrogen-bond donors (Lipinski definition) is 1. The Morgan fingerprint density at radius 1 is 1.41 bits per heavy atom. The molecule has 2 N–H and O–H groups in total. The van der Waals surface area contributed by atoms with Gasteiger partial charge in [0.15, 0.2) is 0 Å². The van der Waals surface area contributed by atoms with E-state index in [0.29, 0.717) is 5.92 Å². The predicted molar refractivity (Wildman–Crippen MR) is 76.5 cm³/mol. The van der Waals surface area contributed by atoms with E-state index in [1.807, 2.05) is 18.0 Å². The molecule has 1 heterocycles. The summed E-state index contributed by atoms with van der Waals surface area (Å²) in [6.07, 6.45) is 3.92. The Hall–Kier alpha value is -0.540. The lowest BCUT2D eigenvalue weighted by atomic mass is 10.1. The molecule has 1 rings (SSSR count). The van der Waals surface area contributed by atoms with Gasteiger partial charge in [0.2, 0.25) is 0 Å². The van der Waals surface area contributed by atoms with Crippen molar-refractivity contribution < 1.29 is 0 Å². The summed E-state index contributed by atoms with van der Waals surface area (Å²) in [5, 5.41) is 1.16. The maximum Gasteiger partial charge on any atom is 0.0989 e. The second-order valence-corrected chi connectivity index (χ2v) is 6.05. The molecule has 0 radical (unpaired) electrons. The number of nitrogens with two attached hydrogens (primary N) is 1. The lowest BCUT2D eigenvalue weighted by Crippen LogP contribution is -2.21. The topological polar surface area (TPSA) is 38.9 Å². The van der Waals surface area contributed by atoms with Gasteiger partial charge in [-0.25, -0.2) is 4.98 Å². The van der Waals surface area contributed by atoms with Gasteiger partial charge in [0.25, 0.3) is 0 Å². The van der Waals surface area contributed by atoms with Crippen molar-refractivity contribution in [2.75, 3.05) is 5.75 Å². The van der Waals surface area contributed by atoms with Crippen LogP contribution in [0, 0.1) is 12.8 Å². The van der Waals surface area contributed by atoms with Crippen molar-refractivity contribution in [2.24, 2.45) is 11.7 Å². The van der Waals surface area contributed by atoms with Gasteiger partial charge in [0.1, 0.15) is 0 Å². The first-order chi connectivity index (χ1) is 8.02. The van der Waals surface area contributed by atoms with Gasteiger partial charge in [0.05, 0.1) is 5.03 Å². The van der Waals surface area contributed by atoms with Crippen LogP contribution in [0.4, 0.5) is 0 Å². The zero-order valence-electron chi connectivity index (χ0n) is 11.4. The van der Waals surface area contributed by atoms with Crippen molar-refractivity contribution in [1.29, 1.82) is 0 Å². The molecule has 0 amide bonds. The smallest absolute Gasteiger partial charge is 0.0989 e. The fourth-order valence-corrected chi connectivity index (χ4v) is 2.48. The van der Waals surface area contributed by atoms with Crippen molar-refractivity contribution in [1.82, 2.24) is 4.98 Å². The minimum absolute atomic E-state index is 0.255. The summed E-state index contributed by atoms with van der Waals surface area (Å²) < 4.78 is 0. The highest BCUT2D eigenvalue weighted by Crippen LogP contribution is 2.22. The van der Waals surface area contributed by atoms with E-state index in [-0.39, 0.29) is 6.04 Å². The molecular weight excluding hydrogens is 228 g/mol. The van der Waals surface area contributed by atoms with Gasteiger partial charge in [-0.05, 0) is 36.8 Å². The fraction of sp³-hybridized carbons (Fsp3) is 0.643. The molecule has 96 valence electrons. The summed E-state index contributed by atoms with van der Waals surface area (Å²) in [4.78, 5) is 4.54. The van der Waals surface area contributed by atoms with Crippen molar-refractivity contribution in [3.63, 3.8) is 0 Å². The molecule has 1 atom stereocenters. The quantitative estimate of drug-likeness (QED) is 0.789. The SMILES string of the molecule is CCC(N)Cc1cnc(SCC(C)C)c(C)c1. The minimum atomic E-state index is 0.255. The van der Waals surface area contributed by atoms with Gasteiger partial charge in [-0.15, -0.1) is 11.8 Å². The summed E-state index contributed by atoms with van der Waals surface area (Å²) in [5.41, 5.74) is 8.49. The molecule has 0 spiro atoms. The third-order valence-electron chi connectivity index (χ3n) is 2.66. The molecule has 0 aliphatic heterocycles. The van der Waals surface area contributed by atoms with Gasteiger partial charge < -0.3 is 5.73 Å². The van der Waals surface area contributed by atoms with Gasteiger partial charge in [0, 0.05) is 18.0 Å². The van der Waals surface area contributed by atoms with Crippen LogP contribution < -0.4 is 5.73 Å². The minimum Gasteiger partial charge on any atom is -0.327 e. The van der Waals surface area contributed by atoms with Gasteiger partial charge in [-0.3, -0.25) is 0 Å². The van der Waals surface area contributed by atoms with Crippen molar-refractivity contribution in [3.05, 3.63) is 23.4 Å². The molecule has 0 fully saturated rings. The molecule has 1 aromatic rings. The van der Waals surface area contributed by atoms with E-state index in [4.69, 9.17) is 5.73 Å². The molecule has 1 aromatic heterocycles. The summed E-state index contributed by atoms with van der Waals surface area (Å²) in [7, 11) is 0. The van der Waals surface area contributed by atoms with Crippen LogP contribution >= 0.6 is 11.8 Å². The highest BCUT2D eigenvalue weighted by atomic mass is 32.2. The average molecular weight is 252 g/mol. The highest BCUT2D eigenvalue weighted by Gasteiger charge is 2.06. The van der Waals surface area contributed by atoms with E-state index < -0.39 is 0 Å². The number of nitrogens with zero attached hydrogens (tertiary/aromatic N) is 1. The van der Waals surface area contributed by atoms with E-state index in [0.717, 1.165) is 23.6 Å². The Balaban J connectivity index is 2.65. The number of aryl methyl sites for hydroxylation is 1. The summed E-state index contributed by atoms with van der Waals surface area (Å²) in [5.74, 6) is 1.83. The standard InChI is InChI=1S/C14H24N2S/c1-5-13(15)7-12-6-11(4)14(16-8-12)17-9-10(2)3/h6,8,10,13H,5,7,9,15H2,1-4H3. The normalized spacial score (nSPS) is 13.1. The van der Waals surface area contributed by atoms with Crippen LogP contribution in [0.15, 0.2) is 17.3 Å². The van der Waals surface area contributed by atoms with E-state index in [2.05, 4.69) is 38.7 Å². The molecule has 0 saturated heterocycles. The lowest BCUT2D eigenvalue weighted by molar-refractivity contribution is 0.644. The van der Waals surface area contributed by atoms with Crippen molar-refractivity contribution in [3.8, 4) is 0 Å². The largest absolute Gasteiger partial charge is 0.327 e. The van der Waals surface area contributed by atoms with E-state index in [1.54, 1.807) is 0 Å². The molecule has 0 aromatic carbocycles. The molecule has 3 heteroatoms. The first-order valence-electron chi connectivity index (χ1n) is 6.36. The van der Waals surface area contributed by atoms with Crippen molar-refractivity contribution in [2.45, 2.75) is 51.6 Å². The molecular formula is C14H24N2S. The van der Waals surface area contributed by atoms with Crippen LogP contribution in [0.3, 0.4) is 0 Å². The van der Waals surface area contributed by atoms with Gasteiger partial charge >= 0.3 is 0 Å². The van der Waals surface area contributed by atoms with Crippen LogP contribution in [0.5, 0.6) is 0 Å². The van der Waals surface area contributed by atoms with Gasteiger partial charge in [-0.1, -0.05) is 26.8 Å². The molecule has 2 nitrogen and oxygen atoms in total. The Bertz CT molecular complexity index is 350. The molecule has 17 heavy (non-hydrogen) atoms. The molecule has 0 saturated carbocycles. The van der Waals surface area contributed by atoms with Gasteiger partial charge in [-0.2, -0.15) is 0 Å². The number of hydrogen-bond acceptors (Lipinski definition) is 3. The van der Waals surface area contributed by atoms with Crippen LogP contribution in [-0.4, -0.2) is 16.8 Å². The Labute approximate surface area is 109 Å². The number of thioether (sulfide) groups is 1. The maximum absolute atomic E-state index is 5.96. The third kappa shape index (κ3) is 5.09. The number of aromatic nitrogens is 1. The second-order valence-electron chi connectivity index (χ2n) is 5.04. The highest BCUT2D eigenvalue weighted by molar-refractivity contribution is 7.99. The van der Waals surface area contributed by atoms with E-state index in [9.17, 15) is 0 Å². The maximum atomic E-state index is 5.96. The average Bonchev–Trinajstić information content (AvgIpc) is 2.27. The van der Waals surface area contributed by atoms with Crippen molar-refractivity contribution >= 4 is 11.8 Å². The van der Waals surface area contributed by atoms with Crippen LogP contribution in [0.25, 0.3) is 0 Å². The molecule has 0 aliphatic rings. The zero-order chi connectivity index (χ0) is 12.8. The monoisotopic (exact) mass is 252 g/mol. The summed E-state index contributed by atoms with van der Waals surface area (Å²) >= 11 is 1.85. The Morgan fingerprint density at radius 2 is 2.12 bits per heavy atom. The van der Waals surface area contributed by atoms with Crippen LogP contribution in [-0.2, 0) is 6.42 Å². The van der Waals surface area contributed by atoms with E-state index in [1.165, 1.54) is 11.1 Å². The predicted octanol–water partition coefficient (Wildman–Crippen LogP) is 3.42. The van der Waals surface area contributed by atoms with E-state index >= 15 is 0 Å². The lowest BCUT2D eigenvalue weighted by Gasteiger charge is -2.11. The molecule has 1 unspecified atom stereocenters. The molecule has 0 bridgehead atoms. The zero-order valence-corrected chi connectivity index (χ0v) is 12.2. The first-order valence-corrected chi connectivity index (χ1v) is 7.35. The van der Waals surface area contributed by atoms with Crippen LogP contribution in [0.2, 0.25) is 0 Å². The Kier molecular flexibility index (Phi) is 6.00. The number of rotatable bonds is 6. The summed E-state index contributed by atoms with van der Waals surface area (Å²) in [6.45, 7) is 8.72. The molecule has 0 aliphatic carbocycles. The summed E-state index contributed by atoms with van der Waals surface area (Å²) in [6, 6.07) is 2.48. The first kappa shape index (κ1) is 14.5.